The van der Waals surface area contributed by atoms with Gasteiger partial charge in [0.1, 0.15) is 12.1 Å². The molecule has 0 spiro atoms. The van der Waals surface area contributed by atoms with Crippen molar-refractivity contribution < 1.29 is 9.32 Å². The van der Waals surface area contributed by atoms with Crippen molar-refractivity contribution in [3.05, 3.63) is 70.2 Å². The first-order chi connectivity index (χ1) is 15.0. The molecule has 0 radical (unpaired) electrons. The maximum atomic E-state index is 13.2. The number of nitrogens with zero attached hydrogens (tertiary/aromatic N) is 5. The van der Waals surface area contributed by atoms with Crippen LogP contribution in [0.1, 0.15) is 25.8 Å². The number of amides is 1. The summed E-state index contributed by atoms with van der Waals surface area (Å²) in [6.45, 7) is 5.88. The fraction of sp³-hybridized carbons (Fsp3) is 0.136. The van der Waals surface area contributed by atoms with Crippen LogP contribution in [0.5, 0.6) is 0 Å². The van der Waals surface area contributed by atoms with Gasteiger partial charge in [-0.15, -0.1) is 11.3 Å². The first-order valence-electron chi connectivity index (χ1n) is 9.60. The summed E-state index contributed by atoms with van der Waals surface area (Å²) in [7, 11) is 0. The molecule has 8 nitrogen and oxygen atoms in total. The van der Waals surface area contributed by atoms with Crippen LogP contribution < -0.4 is 5.32 Å². The summed E-state index contributed by atoms with van der Waals surface area (Å²) in [4.78, 5) is 28.5. The third-order valence-corrected chi connectivity index (χ3v) is 5.92. The van der Waals surface area contributed by atoms with Crippen molar-refractivity contribution >= 4 is 34.0 Å². The van der Waals surface area contributed by atoms with Gasteiger partial charge in [0, 0.05) is 27.7 Å². The van der Waals surface area contributed by atoms with E-state index < -0.39 is 0 Å². The van der Waals surface area contributed by atoms with Gasteiger partial charge >= 0.3 is 0 Å². The Morgan fingerprint density at radius 1 is 1.19 bits per heavy atom. The van der Waals surface area contributed by atoms with Gasteiger partial charge in [0.2, 0.25) is 0 Å². The average Bonchev–Trinajstić information content (AvgIpc) is 3.49. The van der Waals surface area contributed by atoms with Crippen LogP contribution in [0.25, 0.3) is 28.2 Å². The van der Waals surface area contributed by atoms with E-state index in [1.807, 2.05) is 19.9 Å². The number of nitrogens with one attached hydrogen (secondary N) is 1. The highest BCUT2D eigenvalue weighted by atomic mass is 32.1. The van der Waals surface area contributed by atoms with Crippen LogP contribution in [0.4, 0.5) is 5.69 Å². The van der Waals surface area contributed by atoms with Gasteiger partial charge in [-0.05, 0) is 45.0 Å². The molecule has 5 aromatic rings. The van der Waals surface area contributed by atoms with Gasteiger partial charge in [0.15, 0.2) is 0 Å². The lowest BCUT2D eigenvalue weighted by atomic mass is 10.1. The van der Waals surface area contributed by atoms with Crippen molar-refractivity contribution in [2.45, 2.75) is 20.8 Å². The summed E-state index contributed by atoms with van der Waals surface area (Å²) < 4.78 is 7.18. The minimum atomic E-state index is -0.276. The SMILES string of the molecule is Cc1cc(-c2cc(C(=O)Nc3ccc(-n4ccnc4)nc3)c3c(C)noc3n2)c(C)s1. The van der Waals surface area contributed by atoms with E-state index >= 15 is 0 Å². The van der Waals surface area contributed by atoms with Crippen molar-refractivity contribution in [2.75, 3.05) is 5.32 Å². The van der Waals surface area contributed by atoms with E-state index in [0.717, 1.165) is 10.4 Å². The van der Waals surface area contributed by atoms with Crippen LogP contribution in [-0.4, -0.2) is 30.6 Å². The summed E-state index contributed by atoms with van der Waals surface area (Å²) in [5, 5.41) is 7.54. The molecule has 0 aliphatic carbocycles. The lowest BCUT2D eigenvalue weighted by Gasteiger charge is -2.09. The third-order valence-electron chi connectivity index (χ3n) is 4.95. The number of imidazole rings is 1. The van der Waals surface area contributed by atoms with Crippen LogP contribution in [0, 0.1) is 20.8 Å². The molecule has 5 heterocycles. The Labute approximate surface area is 181 Å². The van der Waals surface area contributed by atoms with E-state index in [0.29, 0.717) is 39.6 Å². The first-order valence-corrected chi connectivity index (χ1v) is 10.4. The zero-order chi connectivity index (χ0) is 21.5. The highest BCUT2D eigenvalue weighted by molar-refractivity contribution is 7.12. The summed E-state index contributed by atoms with van der Waals surface area (Å²) >= 11 is 1.69. The Bertz CT molecular complexity index is 1400. The molecule has 0 aliphatic rings. The minimum absolute atomic E-state index is 0.276. The molecule has 1 N–H and O–H groups in total. The molecule has 31 heavy (non-hydrogen) atoms. The number of anilines is 1. The van der Waals surface area contributed by atoms with Crippen molar-refractivity contribution in [3.8, 4) is 17.1 Å². The van der Waals surface area contributed by atoms with Crippen molar-refractivity contribution in [1.82, 2.24) is 24.7 Å². The standard InChI is InChI=1S/C22H18N6O2S/c1-12-8-16(14(3)31-12)18-9-17(20-13(2)27-30-22(20)26-18)21(29)25-15-4-5-19(24-10-15)28-7-6-23-11-28/h4-11H,1-3H3,(H,25,29). The molecule has 0 aromatic carbocycles. The summed E-state index contributed by atoms with van der Waals surface area (Å²) in [5.41, 5.74) is 3.67. The van der Waals surface area contributed by atoms with Gasteiger partial charge in [-0.2, -0.15) is 0 Å². The van der Waals surface area contributed by atoms with Gasteiger partial charge in [0.05, 0.1) is 34.2 Å². The Hall–Kier alpha value is -3.85. The van der Waals surface area contributed by atoms with Gasteiger partial charge in [-0.3, -0.25) is 9.36 Å². The second-order valence-corrected chi connectivity index (χ2v) is 8.62. The molecule has 5 aromatic heterocycles. The number of carbonyl (C=O) groups is 1. The van der Waals surface area contributed by atoms with Crippen molar-refractivity contribution in [3.63, 3.8) is 0 Å². The second-order valence-electron chi connectivity index (χ2n) is 7.16. The summed E-state index contributed by atoms with van der Waals surface area (Å²) in [5.74, 6) is 0.434. The number of thiophene rings is 1. The Morgan fingerprint density at radius 3 is 2.74 bits per heavy atom. The number of hydrogen-bond acceptors (Lipinski definition) is 7. The minimum Gasteiger partial charge on any atom is -0.335 e. The molecule has 1 amide bonds. The number of hydrogen-bond donors (Lipinski definition) is 1. The van der Waals surface area contributed by atoms with Crippen LogP contribution in [-0.2, 0) is 0 Å². The highest BCUT2D eigenvalue weighted by Crippen LogP contribution is 2.33. The molecule has 0 atom stereocenters. The van der Waals surface area contributed by atoms with Gasteiger partial charge < -0.3 is 9.84 Å². The molecule has 0 saturated carbocycles. The van der Waals surface area contributed by atoms with E-state index in [1.165, 1.54) is 4.88 Å². The van der Waals surface area contributed by atoms with Gasteiger partial charge in [-0.25, -0.2) is 15.0 Å². The van der Waals surface area contributed by atoms with Gasteiger partial charge in [0.25, 0.3) is 11.6 Å². The smallest absolute Gasteiger partial charge is 0.259 e. The molecule has 0 aliphatic heterocycles. The number of aromatic nitrogens is 5. The number of aryl methyl sites for hydroxylation is 3. The third kappa shape index (κ3) is 3.49. The average molecular weight is 430 g/mol. The van der Waals surface area contributed by atoms with E-state index in [9.17, 15) is 4.79 Å². The number of fused-ring (bicyclic) bond motifs is 1. The highest BCUT2D eigenvalue weighted by Gasteiger charge is 2.21. The van der Waals surface area contributed by atoms with Crippen molar-refractivity contribution in [1.29, 1.82) is 0 Å². The lowest BCUT2D eigenvalue weighted by molar-refractivity contribution is 0.102. The van der Waals surface area contributed by atoms with Crippen molar-refractivity contribution in [2.24, 2.45) is 0 Å². The largest absolute Gasteiger partial charge is 0.335 e. The molecule has 0 bridgehead atoms. The maximum absolute atomic E-state index is 13.2. The Balaban J connectivity index is 1.52. The van der Waals surface area contributed by atoms with Crippen LogP contribution in [0.15, 0.2) is 53.7 Å². The fourth-order valence-corrected chi connectivity index (χ4v) is 4.44. The Morgan fingerprint density at radius 2 is 2.06 bits per heavy atom. The summed E-state index contributed by atoms with van der Waals surface area (Å²) in [6, 6.07) is 7.47. The van der Waals surface area contributed by atoms with E-state index in [2.05, 4.69) is 31.5 Å². The molecule has 0 unspecified atom stereocenters. The van der Waals surface area contributed by atoms with E-state index in [-0.39, 0.29) is 5.91 Å². The normalized spacial score (nSPS) is 11.2. The molecule has 154 valence electrons. The van der Waals surface area contributed by atoms with Crippen LogP contribution in [0.2, 0.25) is 0 Å². The fourth-order valence-electron chi connectivity index (χ4n) is 3.50. The topological polar surface area (TPSA) is 98.7 Å². The predicted molar refractivity (Wildman–Crippen MR) is 119 cm³/mol. The maximum Gasteiger partial charge on any atom is 0.259 e. The molecule has 5 rings (SSSR count). The summed E-state index contributed by atoms with van der Waals surface area (Å²) in [6.07, 6.45) is 6.76. The monoisotopic (exact) mass is 430 g/mol. The molecular weight excluding hydrogens is 412 g/mol. The zero-order valence-electron chi connectivity index (χ0n) is 17.1. The predicted octanol–water partition coefficient (Wildman–Crippen LogP) is 4.71. The van der Waals surface area contributed by atoms with E-state index in [4.69, 9.17) is 4.52 Å². The first kappa shape index (κ1) is 19.1. The lowest BCUT2D eigenvalue weighted by Crippen LogP contribution is -2.13. The van der Waals surface area contributed by atoms with E-state index in [1.54, 1.807) is 59.9 Å². The molecule has 9 heteroatoms. The van der Waals surface area contributed by atoms with Crippen LogP contribution >= 0.6 is 11.3 Å². The number of rotatable bonds is 4. The molecule has 0 saturated heterocycles. The quantitative estimate of drug-likeness (QED) is 0.443. The second kappa shape index (κ2) is 7.44. The molecular formula is C22H18N6O2S. The molecule has 0 fully saturated rings. The number of carbonyl (C=O) groups excluding carboxylic acids is 1. The Kier molecular flexibility index (Phi) is 4.59. The van der Waals surface area contributed by atoms with Crippen LogP contribution in [0.3, 0.4) is 0 Å². The number of pyridine rings is 2. The van der Waals surface area contributed by atoms with Gasteiger partial charge in [-0.1, -0.05) is 5.16 Å². The zero-order valence-corrected chi connectivity index (χ0v) is 17.9.